The standard InChI is InChI=1S/C15H21NO5/c1-10(2)9-21-12-5-3-11(4-6-12)14(18)16-8-7-13(17)15(19)20/h3-6,10,13,17H,7-9H2,1-2H3,(H,16,18)(H,19,20). The maximum absolute atomic E-state index is 11.8. The third-order valence-electron chi connectivity index (χ3n) is 2.69. The van der Waals surface area contributed by atoms with Gasteiger partial charge in [0, 0.05) is 18.5 Å². The van der Waals surface area contributed by atoms with E-state index in [1.807, 2.05) is 13.8 Å². The third kappa shape index (κ3) is 6.27. The Morgan fingerprint density at radius 1 is 1.24 bits per heavy atom. The lowest BCUT2D eigenvalue weighted by molar-refractivity contribution is -0.146. The fourth-order valence-corrected chi connectivity index (χ4v) is 1.51. The molecule has 0 fully saturated rings. The number of amides is 1. The van der Waals surface area contributed by atoms with Gasteiger partial charge in [-0.15, -0.1) is 0 Å². The molecule has 0 aliphatic rings. The lowest BCUT2D eigenvalue weighted by Crippen LogP contribution is -2.30. The van der Waals surface area contributed by atoms with Crippen LogP contribution < -0.4 is 10.1 Å². The summed E-state index contributed by atoms with van der Waals surface area (Å²) in [7, 11) is 0. The number of nitrogens with one attached hydrogen (secondary N) is 1. The van der Waals surface area contributed by atoms with Crippen molar-refractivity contribution in [3.63, 3.8) is 0 Å². The van der Waals surface area contributed by atoms with E-state index in [9.17, 15) is 9.59 Å². The van der Waals surface area contributed by atoms with Gasteiger partial charge in [0.25, 0.3) is 5.91 Å². The Morgan fingerprint density at radius 2 is 1.86 bits per heavy atom. The summed E-state index contributed by atoms with van der Waals surface area (Å²) in [6.07, 6.45) is -1.49. The summed E-state index contributed by atoms with van der Waals surface area (Å²) < 4.78 is 5.51. The Labute approximate surface area is 123 Å². The van der Waals surface area contributed by atoms with Crippen LogP contribution in [0.4, 0.5) is 0 Å². The number of hydrogen-bond donors (Lipinski definition) is 3. The molecule has 1 atom stereocenters. The number of hydrogen-bond acceptors (Lipinski definition) is 4. The number of rotatable bonds is 8. The number of carboxylic acids is 1. The molecule has 0 aliphatic heterocycles. The first-order chi connectivity index (χ1) is 9.90. The monoisotopic (exact) mass is 295 g/mol. The number of aliphatic hydroxyl groups excluding tert-OH is 1. The van der Waals surface area contributed by atoms with E-state index in [0.29, 0.717) is 23.8 Å². The predicted molar refractivity (Wildman–Crippen MR) is 77.4 cm³/mol. The average Bonchev–Trinajstić information content (AvgIpc) is 2.45. The molecule has 0 saturated heterocycles. The first-order valence-electron chi connectivity index (χ1n) is 6.82. The molecule has 0 aliphatic carbocycles. The molecular weight excluding hydrogens is 274 g/mol. The molecule has 0 heterocycles. The van der Waals surface area contributed by atoms with Gasteiger partial charge in [0.2, 0.25) is 0 Å². The largest absolute Gasteiger partial charge is 0.493 e. The van der Waals surface area contributed by atoms with Crippen molar-refractivity contribution in [1.29, 1.82) is 0 Å². The first kappa shape index (κ1) is 17.0. The van der Waals surface area contributed by atoms with Gasteiger partial charge in [-0.05, 0) is 30.2 Å². The van der Waals surface area contributed by atoms with Gasteiger partial charge in [0.05, 0.1) is 6.61 Å². The van der Waals surface area contributed by atoms with E-state index >= 15 is 0 Å². The fourth-order valence-electron chi connectivity index (χ4n) is 1.51. The topological polar surface area (TPSA) is 95.9 Å². The lowest BCUT2D eigenvalue weighted by Gasteiger charge is -2.10. The molecule has 0 bridgehead atoms. The summed E-state index contributed by atoms with van der Waals surface area (Å²) in [4.78, 5) is 22.2. The van der Waals surface area contributed by atoms with Crippen molar-refractivity contribution in [3.05, 3.63) is 29.8 Å². The minimum atomic E-state index is -1.46. The molecule has 3 N–H and O–H groups in total. The maximum Gasteiger partial charge on any atom is 0.332 e. The summed E-state index contributed by atoms with van der Waals surface area (Å²) in [6.45, 7) is 4.80. The average molecular weight is 295 g/mol. The number of carboxylic acid groups (broad SMARTS) is 1. The quantitative estimate of drug-likeness (QED) is 0.671. The molecule has 116 valence electrons. The van der Waals surface area contributed by atoms with E-state index in [1.165, 1.54) is 0 Å². The van der Waals surface area contributed by atoms with Crippen molar-refractivity contribution in [2.24, 2.45) is 5.92 Å². The summed E-state index contributed by atoms with van der Waals surface area (Å²) in [5.41, 5.74) is 0.455. The number of aliphatic carboxylic acids is 1. The third-order valence-corrected chi connectivity index (χ3v) is 2.69. The summed E-state index contributed by atoms with van der Waals surface area (Å²) in [6, 6.07) is 6.70. The SMILES string of the molecule is CC(C)COc1ccc(C(=O)NCCC(O)C(=O)O)cc1. The number of carbonyl (C=O) groups excluding carboxylic acids is 1. The molecule has 1 unspecified atom stereocenters. The summed E-state index contributed by atoms with van der Waals surface area (Å²) >= 11 is 0. The van der Waals surface area contributed by atoms with Crippen molar-refractivity contribution >= 4 is 11.9 Å². The first-order valence-corrected chi connectivity index (χ1v) is 6.82. The van der Waals surface area contributed by atoms with Crippen LogP contribution >= 0.6 is 0 Å². The molecular formula is C15H21NO5. The number of carbonyl (C=O) groups is 2. The van der Waals surface area contributed by atoms with Gasteiger partial charge in [0.1, 0.15) is 5.75 Å². The minimum Gasteiger partial charge on any atom is -0.493 e. The van der Waals surface area contributed by atoms with E-state index in [2.05, 4.69) is 5.32 Å². The highest BCUT2D eigenvalue weighted by Crippen LogP contribution is 2.13. The molecule has 21 heavy (non-hydrogen) atoms. The van der Waals surface area contributed by atoms with Crippen LogP contribution in [-0.4, -0.2) is 41.3 Å². The molecule has 1 rings (SSSR count). The molecule has 6 nitrogen and oxygen atoms in total. The van der Waals surface area contributed by atoms with Crippen LogP contribution in [0.5, 0.6) is 5.75 Å². The Hall–Kier alpha value is -2.08. The van der Waals surface area contributed by atoms with E-state index in [-0.39, 0.29) is 18.9 Å². The van der Waals surface area contributed by atoms with Gasteiger partial charge in [-0.3, -0.25) is 4.79 Å². The van der Waals surface area contributed by atoms with Crippen LogP contribution in [0.15, 0.2) is 24.3 Å². The van der Waals surface area contributed by atoms with Gasteiger partial charge in [0.15, 0.2) is 6.10 Å². The summed E-state index contributed by atoms with van der Waals surface area (Å²) in [5, 5.41) is 20.1. The van der Waals surface area contributed by atoms with Crippen LogP contribution in [-0.2, 0) is 4.79 Å². The van der Waals surface area contributed by atoms with Crippen molar-refractivity contribution in [2.75, 3.05) is 13.2 Å². The van der Waals surface area contributed by atoms with E-state index in [0.717, 1.165) is 0 Å². The maximum atomic E-state index is 11.8. The highest BCUT2D eigenvalue weighted by atomic mass is 16.5. The van der Waals surface area contributed by atoms with Gasteiger partial charge < -0.3 is 20.3 Å². The van der Waals surface area contributed by atoms with E-state index in [4.69, 9.17) is 14.9 Å². The van der Waals surface area contributed by atoms with Crippen LogP contribution in [0.1, 0.15) is 30.6 Å². The van der Waals surface area contributed by atoms with Crippen molar-refractivity contribution in [1.82, 2.24) is 5.32 Å². The summed E-state index contributed by atoms with van der Waals surface area (Å²) in [5.74, 6) is -0.492. The zero-order valence-corrected chi connectivity index (χ0v) is 12.2. The smallest absolute Gasteiger partial charge is 0.332 e. The number of benzene rings is 1. The van der Waals surface area contributed by atoms with Crippen LogP contribution in [0, 0.1) is 5.92 Å². The van der Waals surface area contributed by atoms with Gasteiger partial charge >= 0.3 is 5.97 Å². The highest BCUT2D eigenvalue weighted by Gasteiger charge is 2.13. The van der Waals surface area contributed by atoms with Crippen LogP contribution in [0.25, 0.3) is 0 Å². The molecule has 0 aromatic heterocycles. The van der Waals surface area contributed by atoms with Crippen LogP contribution in [0.2, 0.25) is 0 Å². The second kappa shape index (κ2) is 8.26. The van der Waals surface area contributed by atoms with Crippen LogP contribution in [0.3, 0.4) is 0 Å². The molecule has 1 aromatic rings. The highest BCUT2D eigenvalue weighted by molar-refractivity contribution is 5.94. The minimum absolute atomic E-state index is 0.0311. The van der Waals surface area contributed by atoms with Crippen molar-refractivity contribution < 1.29 is 24.5 Å². The second-order valence-corrected chi connectivity index (χ2v) is 5.13. The molecule has 6 heteroatoms. The predicted octanol–water partition coefficient (Wildman–Crippen LogP) is 1.29. The second-order valence-electron chi connectivity index (χ2n) is 5.13. The molecule has 1 amide bonds. The van der Waals surface area contributed by atoms with Gasteiger partial charge in [-0.1, -0.05) is 13.8 Å². The lowest BCUT2D eigenvalue weighted by atomic mass is 10.2. The zero-order valence-electron chi connectivity index (χ0n) is 12.2. The molecule has 1 aromatic carbocycles. The zero-order chi connectivity index (χ0) is 15.8. The van der Waals surface area contributed by atoms with Crippen molar-refractivity contribution in [2.45, 2.75) is 26.4 Å². The van der Waals surface area contributed by atoms with E-state index < -0.39 is 12.1 Å². The Balaban J connectivity index is 2.42. The Morgan fingerprint density at radius 3 is 2.38 bits per heavy atom. The molecule has 0 spiro atoms. The van der Waals surface area contributed by atoms with Crippen molar-refractivity contribution in [3.8, 4) is 5.75 Å². The number of ether oxygens (including phenoxy) is 1. The Bertz CT molecular complexity index is 469. The number of aliphatic hydroxyl groups is 1. The molecule has 0 saturated carbocycles. The Kier molecular flexibility index (Phi) is 6.68. The normalized spacial score (nSPS) is 12.0. The molecule has 0 radical (unpaired) electrons. The van der Waals surface area contributed by atoms with E-state index in [1.54, 1.807) is 24.3 Å². The van der Waals surface area contributed by atoms with Gasteiger partial charge in [-0.25, -0.2) is 4.79 Å². The van der Waals surface area contributed by atoms with Gasteiger partial charge in [-0.2, -0.15) is 0 Å². The fraction of sp³-hybridized carbons (Fsp3) is 0.467.